The van der Waals surface area contributed by atoms with E-state index in [-0.39, 0.29) is 29.6 Å². The van der Waals surface area contributed by atoms with Gasteiger partial charge < -0.3 is 20.4 Å². The van der Waals surface area contributed by atoms with Crippen LogP contribution in [0, 0.1) is 6.08 Å². The number of nitrogens with two attached hydrogens (primary N) is 1. The number of aryl methyl sites for hydroxylation is 1. The molecule has 0 spiro atoms. The molecule has 0 aliphatic carbocycles. The minimum atomic E-state index is -1.65. The number of rotatable bonds is 8. The largest absolute Gasteiger partial charge is 0.450 e. The topological polar surface area (TPSA) is 108 Å². The molecule has 3 rings (SSSR count). The molecule has 3 N–H and O–H groups in total. The number of imidazole rings is 1. The van der Waals surface area contributed by atoms with Gasteiger partial charge in [-0.1, -0.05) is 29.3 Å². The zero-order valence-corrected chi connectivity index (χ0v) is 19.0. The highest BCUT2D eigenvalue weighted by molar-refractivity contribution is 6.36. The maximum atomic E-state index is 14.3. The quantitative estimate of drug-likeness (QED) is 0.350. The standard InChI is InChI=1S/C20H22Cl2F2N6O2/c1-20(2,24)12-5-6-13(21)11(14(12)22)9-26-19(31)32-8-4-3-7-30-10-27-15-16(25)28-18(23)29-17(15)30/h5-6,10H,3-4,7-9H2,1-2H3,(H,26,31)(H2,25,28,29). The van der Waals surface area contributed by atoms with Crippen LogP contribution in [0.3, 0.4) is 0 Å². The molecule has 0 aliphatic rings. The van der Waals surface area contributed by atoms with Crippen LogP contribution in [0.2, 0.25) is 10.0 Å². The van der Waals surface area contributed by atoms with Crippen LogP contribution in [0.4, 0.5) is 19.4 Å². The van der Waals surface area contributed by atoms with Crippen molar-refractivity contribution in [1.29, 1.82) is 0 Å². The van der Waals surface area contributed by atoms with Gasteiger partial charge in [-0.15, -0.1) is 0 Å². The van der Waals surface area contributed by atoms with Gasteiger partial charge in [0.1, 0.15) is 11.2 Å². The van der Waals surface area contributed by atoms with Crippen molar-refractivity contribution in [1.82, 2.24) is 24.8 Å². The van der Waals surface area contributed by atoms with Gasteiger partial charge in [0.05, 0.1) is 18.0 Å². The number of unbranched alkanes of at least 4 members (excludes halogenated alkanes) is 1. The number of anilines is 1. The van der Waals surface area contributed by atoms with E-state index in [1.54, 1.807) is 4.57 Å². The van der Waals surface area contributed by atoms with E-state index in [0.717, 1.165) is 0 Å². The van der Waals surface area contributed by atoms with Gasteiger partial charge in [-0.25, -0.2) is 14.2 Å². The second-order valence-corrected chi connectivity index (χ2v) is 8.33. The van der Waals surface area contributed by atoms with Crippen LogP contribution >= 0.6 is 23.2 Å². The lowest BCUT2D eigenvalue weighted by atomic mass is 9.98. The zero-order valence-electron chi connectivity index (χ0n) is 17.5. The van der Waals surface area contributed by atoms with E-state index in [2.05, 4.69) is 20.3 Å². The number of halogens is 4. The maximum absolute atomic E-state index is 14.3. The number of ether oxygens (including phenoxy) is 1. The van der Waals surface area contributed by atoms with E-state index in [9.17, 15) is 13.6 Å². The van der Waals surface area contributed by atoms with Gasteiger partial charge in [0, 0.05) is 29.2 Å². The Labute approximate surface area is 193 Å². The number of aromatic nitrogens is 4. The first-order valence-corrected chi connectivity index (χ1v) is 10.5. The van der Waals surface area contributed by atoms with Gasteiger partial charge in [-0.05, 0) is 32.8 Å². The Hall–Kier alpha value is -2.72. The van der Waals surface area contributed by atoms with E-state index in [1.165, 1.54) is 32.3 Å². The molecule has 0 saturated heterocycles. The molecule has 2 aromatic heterocycles. The Morgan fingerprint density at radius 2 is 2.03 bits per heavy atom. The van der Waals surface area contributed by atoms with E-state index < -0.39 is 17.8 Å². The molecule has 0 unspecified atom stereocenters. The molecular formula is C20H22Cl2F2N6O2. The molecule has 1 aromatic carbocycles. The number of alkyl carbamates (subject to hydrolysis) is 1. The summed E-state index contributed by atoms with van der Waals surface area (Å²) in [6.45, 7) is 3.41. The molecule has 12 heteroatoms. The van der Waals surface area contributed by atoms with Crippen LogP contribution in [0.5, 0.6) is 0 Å². The minimum absolute atomic E-state index is 0.00582. The van der Waals surface area contributed by atoms with Gasteiger partial charge in [0.2, 0.25) is 0 Å². The maximum Gasteiger partial charge on any atom is 0.407 e. The normalized spacial score (nSPS) is 11.7. The van der Waals surface area contributed by atoms with Crippen molar-refractivity contribution in [2.24, 2.45) is 0 Å². The molecule has 0 bridgehead atoms. The number of nitrogen functional groups attached to an aromatic ring is 1. The minimum Gasteiger partial charge on any atom is -0.450 e. The highest BCUT2D eigenvalue weighted by Gasteiger charge is 2.24. The number of hydrogen-bond donors (Lipinski definition) is 2. The zero-order chi connectivity index (χ0) is 23.5. The smallest absolute Gasteiger partial charge is 0.407 e. The fourth-order valence-corrected chi connectivity index (χ4v) is 3.81. The number of carbonyl (C=O) groups excluding carboxylic acids is 1. The van der Waals surface area contributed by atoms with Gasteiger partial charge in [0.15, 0.2) is 11.5 Å². The average Bonchev–Trinajstić information content (AvgIpc) is 3.09. The van der Waals surface area contributed by atoms with E-state index in [1.807, 2.05) is 0 Å². The van der Waals surface area contributed by atoms with Crippen molar-refractivity contribution in [3.05, 3.63) is 45.7 Å². The summed E-state index contributed by atoms with van der Waals surface area (Å²) in [5.41, 5.74) is 5.32. The summed E-state index contributed by atoms with van der Waals surface area (Å²) in [5, 5.41) is 3.04. The summed E-state index contributed by atoms with van der Waals surface area (Å²) in [4.78, 5) is 23.2. The molecule has 0 saturated carbocycles. The molecule has 3 aromatic rings. The molecule has 32 heavy (non-hydrogen) atoms. The van der Waals surface area contributed by atoms with Crippen LogP contribution in [0.25, 0.3) is 11.2 Å². The Morgan fingerprint density at radius 3 is 2.75 bits per heavy atom. The molecule has 8 nitrogen and oxygen atoms in total. The second kappa shape index (κ2) is 9.83. The first kappa shape index (κ1) is 23.9. The lowest BCUT2D eigenvalue weighted by Gasteiger charge is -2.19. The fourth-order valence-electron chi connectivity index (χ4n) is 3.08. The van der Waals surface area contributed by atoms with E-state index in [4.69, 9.17) is 33.7 Å². The van der Waals surface area contributed by atoms with Crippen LogP contribution in [-0.4, -0.2) is 32.2 Å². The summed E-state index contributed by atoms with van der Waals surface area (Å²) in [7, 11) is 0. The van der Waals surface area contributed by atoms with Crippen LogP contribution < -0.4 is 11.1 Å². The van der Waals surface area contributed by atoms with E-state index >= 15 is 0 Å². The lowest BCUT2D eigenvalue weighted by molar-refractivity contribution is 0.143. The van der Waals surface area contributed by atoms with Crippen LogP contribution in [0.1, 0.15) is 37.8 Å². The van der Waals surface area contributed by atoms with Crippen molar-refractivity contribution < 1.29 is 18.3 Å². The monoisotopic (exact) mass is 486 g/mol. The molecular weight excluding hydrogens is 465 g/mol. The van der Waals surface area contributed by atoms with Gasteiger partial charge >= 0.3 is 12.2 Å². The van der Waals surface area contributed by atoms with E-state index in [0.29, 0.717) is 41.1 Å². The number of hydrogen-bond acceptors (Lipinski definition) is 6. The molecule has 0 atom stereocenters. The van der Waals surface area contributed by atoms with Crippen molar-refractivity contribution in [2.75, 3.05) is 12.3 Å². The molecule has 1 amide bonds. The second-order valence-electron chi connectivity index (χ2n) is 7.54. The Balaban J connectivity index is 1.46. The Bertz CT molecular complexity index is 1130. The van der Waals surface area contributed by atoms with Crippen LogP contribution in [-0.2, 0) is 23.5 Å². The molecule has 0 radical (unpaired) electrons. The summed E-state index contributed by atoms with van der Waals surface area (Å²) in [5.74, 6) is -0.0212. The Morgan fingerprint density at radius 1 is 1.28 bits per heavy atom. The third kappa shape index (κ3) is 5.55. The molecule has 0 fully saturated rings. The highest BCUT2D eigenvalue weighted by atomic mass is 35.5. The molecule has 172 valence electrons. The predicted octanol–water partition coefficient (Wildman–Crippen LogP) is 4.77. The molecule has 0 aliphatic heterocycles. The highest BCUT2D eigenvalue weighted by Crippen LogP contribution is 2.36. The third-order valence-corrected chi connectivity index (χ3v) is 5.51. The van der Waals surface area contributed by atoms with Crippen molar-refractivity contribution in [3.8, 4) is 0 Å². The number of amides is 1. The summed E-state index contributed by atoms with van der Waals surface area (Å²) in [6, 6.07) is 3.06. The summed E-state index contributed by atoms with van der Waals surface area (Å²) < 4.78 is 34.4. The van der Waals surface area contributed by atoms with Crippen molar-refractivity contribution >= 4 is 46.3 Å². The van der Waals surface area contributed by atoms with Crippen molar-refractivity contribution in [2.45, 2.75) is 45.4 Å². The fraction of sp³-hybridized carbons (Fsp3) is 0.400. The van der Waals surface area contributed by atoms with Crippen molar-refractivity contribution in [3.63, 3.8) is 0 Å². The SMILES string of the molecule is CC(C)(F)c1ccc(Cl)c(CNC(=O)OCCCCn2cnc3c(N)nc(F)nc32)c1Cl. The number of nitrogens with one attached hydrogen (secondary N) is 1. The summed E-state index contributed by atoms with van der Waals surface area (Å²) >= 11 is 12.4. The van der Waals surface area contributed by atoms with Crippen LogP contribution in [0.15, 0.2) is 18.5 Å². The number of fused-ring (bicyclic) bond motifs is 1. The van der Waals surface area contributed by atoms with Gasteiger partial charge in [0.25, 0.3) is 0 Å². The number of nitrogens with zero attached hydrogens (tertiary/aromatic N) is 4. The number of alkyl halides is 1. The third-order valence-electron chi connectivity index (χ3n) is 4.73. The number of benzene rings is 1. The number of carbonyl (C=O) groups is 1. The first-order chi connectivity index (χ1) is 15.1. The lowest BCUT2D eigenvalue weighted by Crippen LogP contribution is -2.25. The first-order valence-electron chi connectivity index (χ1n) is 9.78. The average molecular weight is 487 g/mol. The predicted molar refractivity (Wildman–Crippen MR) is 118 cm³/mol. The molecule has 2 heterocycles. The van der Waals surface area contributed by atoms with Gasteiger partial charge in [-0.2, -0.15) is 14.4 Å². The van der Waals surface area contributed by atoms with Gasteiger partial charge in [-0.3, -0.25) is 0 Å². The summed E-state index contributed by atoms with van der Waals surface area (Å²) in [6.07, 6.45) is 1.09. The Kier molecular flexibility index (Phi) is 7.35.